The molecule has 0 aromatic heterocycles. The van der Waals surface area contributed by atoms with Crippen LogP contribution in [-0.4, -0.2) is 17.0 Å². The van der Waals surface area contributed by atoms with E-state index in [1.54, 1.807) is 0 Å². The highest BCUT2D eigenvalue weighted by atomic mass is 19.1. The fourth-order valence-electron chi connectivity index (χ4n) is 2.27. The zero-order valence-corrected chi connectivity index (χ0v) is 12.6. The van der Waals surface area contributed by atoms with Crippen LogP contribution >= 0.6 is 0 Å². The third-order valence-electron chi connectivity index (χ3n) is 3.55. The summed E-state index contributed by atoms with van der Waals surface area (Å²) in [6.45, 7) is 5.40. The first-order valence-corrected chi connectivity index (χ1v) is 7.10. The van der Waals surface area contributed by atoms with Crippen molar-refractivity contribution in [1.82, 2.24) is 5.32 Å². The Kier molecular flexibility index (Phi) is 5.88. The highest BCUT2D eigenvalue weighted by Crippen LogP contribution is 2.22. The Labute approximate surface area is 124 Å². The molecule has 0 saturated carbocycles. The fourth-order valence-corrected chi connectivity index (χ4v) is 2.27. The Morgan fingerprint density at radius 1 is 1.33 bits per heavy atom. The van der Waals surface area contributed by atoms with E-state index < -0.39 is 17.3 Å². The van der Waals surface area contributed by atoms with Crippen molar-refractivity contribution < 1.29 is 19.1 Å². The number of carbonyl (C=O) groups excluding carboxylic acids is 1. The lowest BCUT2D eigenvalue weighted by Crippen LogP contribution is -2.49. The van der Waals surface area contributed by atoms with Gasteiger partial charge >= 0.3 is 5.97 Å². The second-order valence-corrected chi connectivity index (χ2v) is 5.58. The summed E-state index contributed by atoms with van der Waals surface area (Å²) in [6.07, 6.45) is 2.16. The van der Waals surface area contributed by atoms with Crippen molar-refractivity contribution in [2.45, 2.75) is 45.6 Å². The average Bonchev–Trinajstić information content (AvgIpc) is 2.38. The second-order valence-electron chi connectivity index (χ2n) is 5.58. The topological polar surface area (TPSA) is 66.4 Å². The van der Waals surface area contributed by atoms with Crippen LogP contribution in [0.1, 0.15) is 45.6 Å². The van der Waals surface area contributed by atoms with Gasteiger partial charge in [0.15, 0.2) is 5.54 Å². The van der Waals surface area contributed by atoms with Crippen LogP contribution in [0, 0.1) is 11.7 Å². The van der Waals surface area contributed by atoms with Crippen molar-refractivity contribution in [2.75, 3.05) is 0 Å². The number of hydrogen-bond acceptors (Lipinski definition) is 2. The first-order chi connectivity index (χ1) is 9.79. The molecule has 21 heavy (non-hydrogen) atoms. The van der Waals surface area contributed by atoms with Gasteiger partial charge in [-0.1, -0.05) is 38.8 Å². The molecule has 0 spiro atoms. The Bertz CT molecular complexity index is 501. The molecule has 1 amide bonds. The molecule has 0 aliphatic heterocycles. The Hall–Kier alpha value is -1.91. The van der Waals surface area contributed by atoms with Gasteiger partial charge in [-0.15, -0.1) is 0 Å². The third-order valence-corrected chi connectivity index (χ3v) is 3.55. The fraction of sp³-hybridized carbons (Fsp3) is 0.500. The Morgan fingerprint density at radius 2 is 1.90 bits per heavy atom. The lowest BCUT2D eigenvalue weighted by Gasteiger charge is -2.27. The van der Waals surface area contributed by atoms with E-state index in [0.717, 1.165) is 12.8 Å². The van der Waals surface area contributed by atoms with Crippen LogP contribution in [0.25, 0.3) is 0 Å². The van der Waals surface area contributed by atoms with Crippen molar-refractivity contribution in [2.24, 2.45) is 5.92 Å². The molecule has 0 bridgehead atoms. The number of hydrogen-bond donors (Lipinski definition) is 2. The molecule has 1 aromatic rings. The molecule has 4 nitrogen and oxygen atoms in total. The Morgan fingerprint density at radius 3 is 2.38 bits per heavy atom. The van der Waals surface area contributed by atoms with E-state index >= 15 is 0 Å². The third kappa shape index (κ3) is 4.55. The number of amides is 1. The minimum Gasteiger partial charge on any atom is -0.479 e. The first kappa shape index (κ1) is 17.1. The number of carboxylic acid groups (broad SMARTS) is 1. The molecule has 5 heteroatoms. The number of halogens is 1. The highest BCUT2D eigenvalue weighted by molar-refractivity contribution is 5.87. The van der Waals surface area contributed by atoms with Gasteiger partial charge in [0.05, 0.1) is 0 Å². The first-order valence-electron chi connectivity index (χ1n) is 7.10. The molecule has 0 fully saturated rings. The molecular weight excluding hydrogens is 273 g/mol. The Balaban J connectivity index is 2.88. The van der Waals surface area contributed by atoms with Crippen molar-refractivity contribution in [3.05, 3.63) is 35.6 Å². The summed E-state index contributed by atoms with van der Waals surface area (Å²) in [6, 6.07) is 5.11. The number of benzene rings is 1. The lowest BCUT2D eigenvalue weighted by atomic mass is 9.91. The number of carboxylic acids is 1. The molecule has 0 saturated heterocycles. The monoisotopic (exact) mass is 295 g/mol. The molecule has 2 atom stereocenters. The van der Waals surface area contributed by atoms with E-state index in [1.165, 1.54) is 31.2 Å². The molecule has 1 rings (SSSR count). The molecule has 116 valence electrons. The summed E-state index contributed by atoms with van der Waals surface area (Å²) in [5.41, 5.74) is -1.22. The summed E-state index contributed by atoms with van der Waals surface area (Å²) < 4.78 is 13.0. The van der Waals surface area contributed by atoms with Gasteiger partial charge in [-0.05, 0) is 30.5 Å². The molecule has 2 unspecified atom stereocenters. The van der Waals surface area contributed by atoms with Crippen molar-refractivity contribution in [3.8, 4) is 0 Å². The zero-order valence-electron chi connectivity index (χ0n) is 12.6. The molecular formula is C16H22FNO3. The van der Waals surface area contributed by atoms with Gasteiger partial charge in [-0.3, -0.25) is 4.79 Å². The maximum Gasteiger partial charge on any atom is 0.333 e. The molecule has 2 N–H and O–H groups in total. The van der Waals surface area contributed by atoms with Crippen LogP contribution < -0.4 is 5.32 Å². The quantitative estimate of drug-likeness (QED) is 0.812. The van der Waals surface area contributed by atoms with E-state index in [9.17, 15) is 19.1 Å². The largest absolute Gasteiger partial charge is 0.479 e. The van der Waals surface area contributed by atoms with E-state index in [4.69, 9.17) is 0 Å². The number of carbonyl (C=O) groups is 2. The second kappa shape index (κ2) is 7.20. The molecule has 0 heterocycles. The average molecular weight is 295 g/mol. The summed E-state index contributed by atoms with van der Waals surface area (Å²) >= 11 is 0. The lowest BCUT2D eigenvalue weighted by molar-refractivity contribution is -0.147. The van der Waals surface area contributed by atoms with Crippen LogP contribution in [0.2, 0.25) is 0 Å². The maximum atomic E-state index is 13.0. The van der Waals surface area contributed by atoms with Crippen molar-refractivity contribution >= 4 is 11.9 Å². The van der Waals surface area contributed by atoms with Gasteiger partial charge in [-0.2, -0.15) is 0 Å². The van der Waals surface area contributed by atoms with Crippen LogP contribution in [0.4, 0.5) is 4.39 Å². The van der Waals surface area contributed by atoms with Gasteiger partial charge in [0, 0.05) is 6.42 Å². The summed E-state index contributed by atoms with van der Waals surface area (Å²) in [4.78, 5) is 23.6. The zero-order chi connectivity index (χ0) is 16.0. The summed E-state index contributed by atoms with van der Waals surface area (Å²) in [7, 11) is 0. The number of rotatable bonds is 7. The SMILES string of the molecule is CCCC(C)CC(=O)NC(C)(C(=O)O)c1ccc(F)cc1. The van der Waals surface area contributed by atoms with Gasteiger partial charge in [0.2, 0.25) is 5.91 Å². The highest BCUT2D eigenvalue weighted by Gasteiger charge is 2.36. The molecule has 0 aliphatic carbocycles. The van der Waals surface area contributed by atoms with Crippen molar-refractivity contribution in [1.29, 1.82) is 0 Å². The standard InChI is InChI=1S/C16H22FNO3/c1-4-5-11(2)10-14(19)18-16(3,15(20)21)12-6-8-13(17)9-7-12/h6-9,11H,4-5,10H2,1-3H3,(H,18,19)(H,20,21). The van der Waals surface area contributed by atoms with E-state index in [-0.39, 0.29) is 18.2 Å². The van der Waals surface area contributed by atoms with E-state index in [0.29, 0.717) is 5.56 Å². The van der Waals surface area contributed by atoms with Crippen molar-refractivity contribution in [3.63, 3.8) is 0 Å². The minimum absolute atomic E-state index is 0.196. The van der Waals surface area contributed by atoms with Gasteiger partial charge < -0.3 is 10.4 Å². The van der Waals surface area contributed by atoms with E-state index in [1.807, 2.05) is 13.8 Å². The predicted octanol–water partition coefficient (Wildman–Crippen LogP) is 3.07. The van der Waals surface area contributed by atoms with Crippen LogP contribution in [0.5, 0.6) is 0 Å². The predicted molar refractivity (Wildman–Crippen MR) is 78.2 cm³/mol. The molecule has 1 aromatic carbocycles. The minimum atomic E-state index is -1.56. The normalized spacial score (nSPS) is 15.0. The number of nitrogens with one attached hydrogen (secondary N) is 1. The summed E-state index contributed by atoms with van der Waals surface area (Å²) in [5, 5.41) is 12.0. The molecule has 0 aliphatic rings. The summed E-state index contributed by atoms with van der Waals surface area (Å²) in [5.74, 6) is -1.74. The molecule has 0 radical (unpaired) electrons. The van der Waals surface area contributed by atoms with Crippen LogP contribution in [0.15, 0.2) is 24.3 Å². The van der Waals surface area contributed by atoms with Crippen LogP contribution in [0.3, 0.4) is 0 Å². The smallest absolute Gasteiger partial charge is 0.333 e. The van der Waals surface area contributed by atoms with E-state index in [2.05, 4.69) is 5.32 Å². The van der Waals surface area contributed by atoms with Gasteiger partial charge in [0.1, 0.15) is 5.82 Å². The van der Waals surface area contributed by atoms with Crippen LogP contribution in [-0.2, 0) is 15.1 Å². The maximum absolute atomic E-state index is 13.0. The van der Waals surface area contributed by atoms with Gasteiger partial charge in [0.25, 0.3) is 0 Å². The number of aliphatic carboxylic acids is 1. The van der Waals surface area contributed by atoms with Gasteiger partial charge in [-0.25, -0.2) is 9.18 Å².